The Morgan fingerprint density at radius 2 is 1.84 bits per heavy atom. The first kappa shape index (κ1) is 14.5. The number of nitrogens with one attached hydrogen (secondary N) is 1. The molecule has 1 unspecified atom stereocenters. The summed E-state index contributed by atoms with van der Waals surface area (Å²) in [5.74, 6) is 0.534. The van der Waals surface area contributed by atoms with E-state index in [1.165, 1.54) is 38.5 Å². The highest BCUT2D eigenvalue weighted by molar-refractivity contribution is 5.22. The third kappa shape index (κ3) is 4.04. The van der Waals surface area contributed by atoms with Crippen molar-refractivity contribution in [2.45, 2.75) is 57.9 Å². The van der Waals surface area contributed by atoms with Gasteiger partial charge in [0.25, 0.3) is 0 Å². The highest BCUT2D eigenvalue weighted by atomic mass is 19.1. The van der Waals surface area contributed by atoms with Crippen molar-refractivity contribution in [1.82, 2.24) is 5.32 Å². The molecule has 0 aliphatic heterocycles. The van der Waals surface area contributed by atoms with Gasteiger partial charge in [-0.15, -0.1) is 0 Å². The Morgan fingerprint density at radius 1 is 1.16 bits per heavy atom. The molecule has 1 saturated carbocycles. The molecule has 2 heteroatoms. The monoisotopic (exact) mass is 263 g/mol. The zero-order chi connectivity index (χ0) is 13.5. The molecule has 1 N–H and O–H groups in total. The second kappa shape index (κ2) is 7.64. The summed E-state index contributed by atoms with van der Waals surface area (Å²) in [6.07, 6.45) is 8.83. The fraction of sp³-hybridized carbons (Fsp3) is 0.647. The van der Waals surface area contributed by atoms with Crippen molar-refractivity contribution in [3.63, 3.8) is 0 Å². The van der Waals surface area contributed by atoms with Crippen LogP contribution in [-0.2, 0) is 0 Å². The zero-order valence-corrected chi connectivity index (χ0v) is 12.0. The summed E-state index contributed by atoms with van der Waals surface area (Å²) in [5.41, 5.74) is 0.864. The van der Waals surface area contributed by atoms with Crippen LogP contribution in [0.25, 0.3) is 0 Å². The lowest BCUT2D eigenvalue weighted by atomic mass is 9.87. The second-order valence-electron chi connectivity index (χ2n) is 5.70. The maximum Gasteiger partial charge on any atom is 0.127 e. The fourth-order valence-electron chi connectivity index (χ4n) is 3.20. The lowest BCUT2D eigenvalue weighted by Gasteiger charge is -2.28. The van der Waals surface area contributed by atoms with Crippen molar-refractivity contribution in [3.05, 3.63) is 35.6 Å². The van der Waals surface area contributed by atoms with Crippen LogP contribution in [-0.4, -0.2) is 6.54 Å². The maximum atomic E-state index is 14.1. The van der Waals surface area contributed by atoms with Gasteiger partial charge in [0, 0.05) is 11.6 Å². The smallest absolute Gasteiger partial charge is 0.127 e. The zero-order valence-electron chi connectivity index (χ0n) is 12.0. The standard InChI is InChI=1S/C17H26FN/c1-2-13-19-17(14-9-5-3-4-6-10-14)15-11-7-8-12-16(15)18/h7-8,11-12,14,17,19H,2-6,9-10,13H2,1H3. The largest absolute Gasteiger partial charge is 0.310 e. The molecule has 0 spiro atoms. The van der Waals surface area contributed by atoms with Gasteiger partial charge in [0.2, 0.25) is 0 Å². The highest BCUT2D eigenvalue weighted by Gasteiger charge is 2.25. The molecule has 0 aromatic heterocycles. The Labute approximate surface area is 116 Å². The lowest BCUT2D eigenvalue weighted by molar-refractivity contribution is 0.318. The number of hydrogen-bond donors (Lipinski definition) is 1. The molecule has 1 fully saturated rings. The summed E-state index contributed by atoms with van der Waals surface area (Å²) in [6, 6.07) is 7.47. The Morgan fingerprint density at radius 3 is 2.47 bits per heavy atom. The number of benzene rings is 1. The molecule has 0 amide bonds. The molecule has 1 atom stereocenters. The minimum atomic E-state index is -0.0552. The average Bonchev–Trinajstić information content (AvgIpc) is 2.70. The first-order chi connectivity index (χ1) is 9.33. The van der Waals surface area contributed by atoms with Crippen molar-refractivity contribution < 1.29 is 4.39 Å². The average molecular weight is 263 g/mol. The van der Waals surface area contributed by atoms with E-state index in [-0.39, 0.29) is 11.9 Å². The lowest BCUT2D eigenvalue weighted by Crippen LogP contribution is -2.29. The van der Waals surface area contributed by atoms with Crippen LogP contribution in [0.2, 0.25) is 0 Å². The quantitative estimate of drug-likeness (QED) is 0.750. The molecule has 1 aliphatic carbocycles. The molecular formula is C17H26FN. The topological polar surface area (TPSA) is 12.0 Å². The normalized spacial score (nSPS) is 19.1. The van der Waals surface area contributed by atoms with Gasteiger partial charge in [-0.25, -0.2) is 4.39 Å². The van der Waals surface area contributed by atoms with Gasteiger partial charge in [-0.1, -0.05) is 50.8 Å². The van der Waals surface area contributed by atoms with Gasteiger partial charge in [-0.2, -0.15) is 0 Å². The molecule has 0 heterocycles. The summed E-state index contributed by atoms with van der Waals surface area (Å²) in [6.45, 7) is 3.13. The van der Waals surface area contributed by atoms with Crippen molar-refractivity contribution >= 4 is 0 Å². The molecule has 0 radical (unpaired) electrons. The van der Waals surface area contributed by atoms with Crippen molar-refractivity contribution in [2.24, 2.45) is 5.92 Å². The van der Waals surface area contributed by atoms with Gasteiger partial charge < -0.3 is 5.32 Å². The summed E-state index contributed by atoms with van der Waals surface area (Å²) < 4.78 is 14.1. The molecule has 106 valence electrons. The predicted octanol–water partition coefficient (Wildman–Crippen LogP) is 4.84. The van der Waals surface area contributed by atoms with Gasteiger partial charge in [0.05, 0.1) is 0 Å². The van der Waals surface area contributed by atoms with E-state index in [0.29, 0.717) is 5.92 Å². The minimum Gasteiger partial charge on any atom is -0.310 e. The third-order valence-corrected chi connectivity index (χ3v) is 4.23. The molecule has 19 heavy (non-hydrogen) atoms. The molecule has 1 aliphatic rings. The molecule has 1 aromatic carbocycles. The van der Waals surface area contributed by atoms with E-state index in [1.54, 1.807) is 12.1 Å². The van der Waals surface area contributed by atoms with E-state index in [0.717, 1.165) is 18.5 Å². The van der Waals surface area contributed by atoms with Crippen molar-refractivity contribution in [1.29, 1.82) is 0 Å². The van der Waals surface area contributed by atoms with E-state index in [9.17, 15) is 4.39 Å². The van der Waals surface area contributed by atoms with Crippen LogP contribution in [0.5, 0.6) is 0 Å². The van der Waals surface area contributed by atoms with Crippen LogP contribution < -0.4 is 5.32 Å². The van der Waals surface area contributed by atoms with E-state index >= 15 is 0 Å². The number of hydrogen-bond acceptors (Lipinski definition) is 1. The molecule has 0 saturated heterocycles. The van der Waals surface area contributed by atoms with Crippen LogP contribution in [0.1, 0.15) is 63.5 Å². The van der Waals surface area contributed by atoms with E-state index in [2.05, 4.69) is 12.2 Å². The highest BCUT2D eigenvalue weighted by Crippen LogP contribution is 2.34. The van der Waals surface area contributed by atoms with Gasteiger partial charge in [0.1, 0.15) is 5.82 Å². The first-order valence-corrected chi connectivity index (χ1v) is 7.80. The Balaban J connectivity index is 2.16. The van der Waals surface area contributed by atoms with Crippen molar-refractivity contribution in [3.8, 4) is 0 Å². The van der Waals surface area contributed by atoms with Gasteiger partial charge in [0.15, 0.2) is 0 Å². The van der Waals surface area contributed by atoms with E-state index in [1.807, 2.05) is 12.1 Å². The maximum absolute atomic E-state index is 14.1. The second-order valence-corrected chi connectivity index (χ2v) is 5.70. The molecular weight excluding hydrogens is 237 g/mol. The Bertz CT molecular complexity index is 369. The van der Waals surface area contributed by atoms with E-state index < -0.39 is 0 Å². The molecule has 0 bridgehead atoms. The molecule has 2 rings (SSSR count). The van der Waals surface area contributed by atoms with Crippen LogP contribution in [0.4, 0.5) is 4.39 Å². The fourth-order valence-corrected chi connectivity index (χ4v) is 3.20. The van der Waals surface area contributed by atoms with Crippen LogP contribution >= 0.6 is 0 Å². The summed E-state index contributed by atoms with van der Waals surface area (Å²) >= 11 is 0. The summed E-state index contributed by atoms with van der Waals surface area (Å²) in [7, 11) is 0. The minimum absolute atomic E-state index is 0.0552. The summed E-state index contributed by atoms with van der Waals surface area (Å²) in [5, 5.41) is 3.58. The summed E-state index contributed by atoms with van der Waals surface area (Å²) in [4.78, 5) is 0. The van der Waals surface area contributed by atoms with Crippen molar-refractivity contribution in [2.75, 3.05) is 6.54 Å². The third-order valence-electron chi connectivity index (χ3n) is 4.23. The number of halogens is 1. The van der Waals surface area contributed by atoms with Crippen LogP contribution in [0.15, 0.2) is 24.3 Å². The van der Waals surface area contributed by atoms with Crippen LogP contribution in [0.3, 0.4) is 0 Å². The Kier molecular flexibility index (Phi) is 5.84. The predicted molar refractivity (Wildman–Crippen MR) is 78.6 cm³/mol. The molecule has 1 nitrogen and oxygen atoms in total. The number of rotatable bonds is 5. The van der Waals surface area contributed by atoms with Gasteiger partial charge >= 0.3 is 0 Å². The first-order valence-electron chi connectivity index (χ1n) is 7.80. The SMILES string of the molecule is CCCNC(c1ccccc1F)C1CCCCCC1. The Hall–Kier alpha value is -0.890. The molecule has 1 aromatic rings. The van der Waals surface area contributed by atoms with Crippen LogP contribution in [0, 0.1) is 11.7 Å². The van der Waals surface area contributed by atoms with Gasteiger partial charge in [-0.3, -0.25) is 0 Å². The van der Waals surface area contributed by atoms with E-state index in [4.69, 9.17) is 0 Å². The van der Waals surface area contributed by atoms with Gasteiger partial charge in [-0.05, 0) is 37.8 Å².